The summed E-state index contributed by atoms with van der Waals surface area (Å²) in [5.41, 5.74) is 6.32. The van der Waals surface area contributed by atoms with Gasteiger partial charge in [0.1, 0.15) is 12.6 Å². The first kappa shape index (κ1) is 39.0. The second kappa shape index (κ2) is 17.5. The van der Waals surface area contributed by atoms with Crippen LogP contribution in [0.3, 0.4) is 0 Å². The largest absolute Gasteiger partial charge is 0.480 e. The van der Waals surface area contributed by atoms with E-state index in [2.05, 4.69) is 40.2 Å². The van der Waals surface area contributed by atoms with Crippen LogP contribution in [0.5, 0.6) is 0 Å². The van der Waals surface area contributed by atoms with Crippen LogP contribution in [0.1, 0.15) is 36.1 Å². The van der Waals surface area contributed by atoms with Crippen molar-refractivity contribution >= 4 is 46.6 Å². The summed E-state index contributed by atoms with van der Waals surface area (Å²) >= 11 is 0. The van der Waals surface area contributed by atoms with Crippen molar-refractivity contribution in [2.24, 2.45) is 0 Å². The molecular weight excluding hydrogens is 694 g/mol. The summed E-state index contributed by atoms with van der Waals surface area (Å²) in [6.07, 6.45) is -0.445. The van der Waals surface area contributed by atoms with Crippen LogP contribution in [0, 0.1) is 0 Å². The fourth-order valence-corrected chi connectivity index (χ4v) is 6.29. The number of rotatable bonds is 16. The molecule has 284 valence electrons. The maximum absolute atomic E-state index is 13.3. The van der Waals surface area contributed by atoms with Crippen LogP contribution < -0.4 is 16.0 Å². The SMILES string of the molecule is CC(C(=O)O)N(C)C(=O)CNC(=O)CNC(=O)CNC(=O)CCn1c(CN(C)N(C)C(=O)OCC2c3ccccc3-c3ccccc32)cc2ccccc21. The van der Waals surface area contributed by atoms with Crippen LogP contribution in [-0.4, -0.2) is 114 Å². The predicted molar refractivity (Wildman–Crippen MR) is 200 cm³/mol. The number of aliphatic carboxylic acids is 1. The highest BCUT2D eigenvalue weighted by molar-refractivity contribution is 5.91. The molecule has 0 radical (unpaired) electrons. The normalized spacial score (nSPS) is 12.4. The number of hydrogen-bond donors (Lipinski definition) is 4. The summed E-state index contributed by atoms with van der Waals surface area (Å²) in [5.74, 6) is -3.50. The van der Waals surface area contributed by atoms with Crippen LogP contribution in [0.15, 0.2) is 78.9 Å². The van der Waals surface area contributed by atoms with Crippen LogP contribution in [-0.2, 0) is 41.8 Å². The van der Waals surface area contributed by atoms with Gasteiger partial charge in [-0.25, -0.2) is 19.6 Å². The van der Waals surface area contributed by atoms with E-state index in [1.807, 2.05) is 59.2 Å². The van der Waals surface area contributed by atoms with E-state index in [-0.39, 0.29) is 31.4 Å². The molecule has 1 heterocycles. The molecule has 4 aromatic rings. The molecule has 0 aliphatic heterocycles. The number of amides is 5. The molecular formula is C39H45N7O8. The van der Waals surface area contributed by atoms with Gasteiger partial charge in [-0.2, -0.15) is 0 Å². The highest BCUT2D eigenvalue weighted by Crippen LogP contribution is 2.44. The Morgan fingerprint density at radius 1 is 0.778 bits per heavy atom. The highest BCUT2D eigenvalue weighted by atomic mass is 16.6. The van der Waals surface area contributed by atoms with E-state index >= 15 is 0 Å². The molecule has 54 heavy (non-hydrogen) atoms. The number of aromatic nitrogens is 1. The number of carboxylic acids is 1. The molecule has 4 N–H and O–H groups in total. The third kappa shape index (κ3) is 9.22. The fraction of sp³-hybridized carbons (Fsp3) is 0.333. The van der Waals surface area contributed by atoms with Crippen LogP contribution in [0.25, 0.3) is 22.0 Å². The van der Waals surface area contributed by atoms with Crippen molar-refractivity contribution in [1.29, 1.82) is 0 Å². The zero-order valence-electron chi connectivity index (χ0n) is 30.7. The van der Waals surface area contributed by atoms with Crippen molar-refractivity contribution in [2.45, 2.75) is 38.4 Å². The van der Waals surface area contributed by atoms with Crippen molar-refractivity contribution in [3.8, 4) is 11.1 Å². The lowest BCUT2D eigenvalue weighted by Crippen LogP contribution is -2.47. The first-order valence-electron chi connectivity index (χ1n) is 17.5. The molecule has 15 nitrogen and oxygen atoms in total. The van der Waals surface area contributed by atoms with Gasteiger partial charge in [-0.1, -0.05) is 66.7 Å². The van der Waals surface area contributed by atoms with Crippen LogP contribution in [0.4, 0.5) is 4.79 Å². The Morgan fingerprint density at radius 3 is 1.96 bits per heavy atom. The predicted octanol–water partition coefficient (Wildman–Crippen LogP) is 2.54. The van der Waals surface area contributed by atoms with Crippen molar-refractivity contribution in [3.05, 3.63) is 95.7 Å². The van der Waals surface area contributed by atoms with Gasteiger partial charge in [0.25, 0.3) is 0 Å². The number of para-hydroxylation sites is 1. The van der Waals surface area contributed by atoms with Crippen molar-refractivity contribution in [1.82, 2.24) is 35.4 Å². The Kier molecular flexibility index (Phi) is 12.7. The molecule has 15 heteroatoms. The Labute approximate surface area is 312 Å². The van der Waals surface area contributed by atoms with Crippen molar-refractivity contribution in [3.63, 3.8) is 0 Å². The second-order valence-corrected chi connectivity index (χ2v) is 13.1. The maximum atomic E-state index is 13.3. The van der Waals surface area contributed by atoms with Gasteiger partial charge in [-0.3, -0.25) is 19.2 Å². The van der Waals surface area contributed by atoms with Crippen molar-refractivity contribution in [2.75, 3.05) is 47.4 Å². The van der Waals surface area contributed by atoms with Gasteiger partial charge >= 0.3 is 12.1 Å². The number of aryl methyl sites for hydroxylation is 1. The lowest BCUT2D eigenvalue weighted by atomic mass is 9.98. The summed E-state index contributed by atoms with van der Waals surface area (Å²) in [6.45, 7) is 0.933. The number of likely N-dealkylation sites (N-methyl/N-ethyl adjacent to an activating group) is 1. The number of ether oxygens (including phenoxy) is 1. The van der Waals surface area contributed by atoms with Crippen molar-refractivity contribution < 1.29 is 38.6 Å². The number of carbonyl (C=O) groups is 6. The number of hydrazine groups is 1. The maximum Gasteiger partial charge on any atom is 0.424 e. The third-order valence-electron chi connectivity index (χ3n) is 9.62. The summed E-state index contributed by atoms with van der Waals surface area (Å²) in [7, 11) is 4.74. The lowest BCUT2D eigenvalue weighted by Gasteiger charge is -2.28. The molecule has 1 aromatic heterocycles. The van der Waals surface area contributed by atoms with E-state index in [4.69, 9.17) is 9.84 Å². The van der Waals surface area contributed by atoms with Gasteiger partial charge in [0.2, 0.25) is 23.6 Å². The standard InChI is InChI=1S/C39H45N7O8/c1-25(38(51)52)44(3)37(50)22-42-36(49)21-41-35(48)20-40-34(47)17-18-46-27(19-26-11-5-10-16-33(26)46)23-43(2)45(4)39(53)54-24-32-30-14-8-6-12-28(30)29-13-7-9-15-31(29)32/h5-16,19,25,32H,17-18,20-24H2,1-4H3,(H,40,47)(H,41,48)(H,42,49)(H,51,52). The Bertz CT molecular complexity index is 2000. The topological polar surface area (TPSA) is 183 Å². The van der Waals surface area contributed by atoms with Gasteiger partial charge < -0.3 is 35.3 Å². The Hall–Kier alpha value is -6.22. The van der Waals surface area contributed by atoms with Gasteiger partial charge in [0, 0.05) is 51.2 Å². The molecule has 0 bridgehead atoms. The summed E-state index contributed by atoms with van der Waals surface area (Å²) < 4.78 is 7.84. The summed E-state index contributed by atoms with van der Waals surface area (Å²) in [5, 5.41) is 20.4. The first-order valence-corrected chi connectivity index (χ1v) is 17.5. The minimum absolute atomic E-state index is 0.0514. The lowest BCUT2D eigenvalue weighted by molar-refractivity contribution is -0.148. The Balaban J connectivity index is 1.09. The van der Waals surface area contributed by atoms with E-state index in [9.17, 15) is 28.8 Å². The minimum Gasteiger partial charge on any atom is -0.480 e. The molecule has 0 saturated carbocycles. The van der Waals surface area contributed by atoms with E-state index in [0.717, 1.165) is 43.8 Å². The number of hydrogen-bond acceptors (Lipinski definition) is 8. The third-order valence-corrected chi connectivity index (χ3v) is 9.62. The van der Waals surface area contributed by atoms with Crippen LogP contribution >= 0.6 is 0 Å². The molecule has 0 spiro atoms. The number of carbonyl (C=O) groups excluding carboxylic acids is 5. The summed E-state index contributed by atoms with van der Waals surface area (Å²) in [4.78, 5) is 74.5. The zero-order chi connectivity index (χ0) is 38.9. The minimum atomic E-state index is -1.18. The molecule has 1 atom stereocenters. The highest BCUT2D eigenvalue weighted by Gasteiger charge is 2.30. The quantitative estimate of drug-likeness (QED) is 0.126. The smallest absolute Gasteiger partial charge is 0.424 e. The average Bonchev–Trinajstić information content (AvgIpc) is 3.69. The number of fused-ring (bicyclic) bond motifs is 4. The molecule has 1 unspecified atom stereocenters. The average molecular weight is 740 g/mol. The van der Waals surface area contributed by atoms with E-state index < -0.39 is 48.9 Å². The second-order valence-electron chi connectivity index (χ2n) is 13.1. The van der Waals surface area contributed by atoms with Gasteiger partial charge in [0.05, 0.1) is 26.2 Å². The molecule has 5 rings (SSSR count). The number of benzene rings is 3. The van der Waals surface area contributed by atoms with Crippen LogP contribution in [0.2, 0.25) is 0 Å². The van der Waals surface area contributed by atoms with E-state index in [1.165, 1.54) is 19.0 Å². The molecule has 0 fully saturated rings. The summed E-state index contributed by atoms with van der Waals surface area (Å²) in [6, 6.07) is 25.0. The molecule has 1 aliphatic carbocycles. The van der Waals surface area contributed by atoms with Gasteiger partial charge in [-0.15, -0.1) is 0 Å². The van der Waals surface area contributed by atoms with E-state index in [0.29, 0.717) is 13.1 Å². The Morgan fingerprint density at radius 2 is 1.33 bits per heavy atom. The zero-order valence-corrected chi connectivity index (χ0v) is 30.7. The van der Waals surface area contributed by atoms with Gasteiger partial charge in [0.15, 0.2) is 0 Å². The number of nitrogens with zero attached hydrogens (tertiary/aromatic N) is 4. The number of carboxylic acid groups (broad SMARTS) is 1. The number of nitrogens with one attached hydrogen (secondary N) is 3. The van der Waals surface area contributed by atoms with Gasteiger partial charge in [-0.05, 0) is 46.7 Å². The first-order chi connectivity index (χ1) is 25.8. The fourth-order valence-electron chi connectivity index (χ4n) is 6.29. The molecule has 3 aromatic carbocycles. The van der Waals surface area contributed by atoms with E-state index in [1.54, 1.807) is 19.1 Å². The monoisotopic (exact) mass is 739 g/mol. The molecule has 5 amide bonds. The molecule has 1 aliphatic rings. The molecule has 0 saturated heterocycles.